The highest BCUT2D eigenvalue weighted by atomic mass is 16.5. The molecule has 1 aliphatic carbocycles. The number of carboxylic acid groups (broad SMARTS) is 1. The predicted molar refractivity (Wildman–Crippen MR) is 74.8 cm³/mol. The van der Waals surface area contributed by atoms with Crippen molar-refractivity contribution in [1.82, 2.24) is 0 Å². The van der Waals surface area contributed by atoms with E-state index in [4.69, 9.17) is 9.84 Å². The quantitative estimate of drug-likeness (QED) is 0.838. The van der Waals surface area contributed by atoms with E-state index in [1.807, 2.05) is 0 Å². The maximum Gasteiger partial charge on any atom is 0.341 e. The maximum atomic E-state index is 12.0. The summed E-state index contributed by atoms with van der Waals surface area (Å²) in [5.74, 6) is -0.225. The standard InChI is InChI=1S/C15H19NO4/c17-14(9-11-5-1-2-6-11)16-12-7-3-4-8-13(12)20-10-15(18)19/h3-4,7-8,11H,1-2,5-6,9-10H2,(H,16,17)(H,18,19). The zero-order valence-electron chi connectivity index (χ0n) is 11.3. The lowest BCUT2D eigenvalue weighted by Crippen LogP contribution is -2.16. The second-order valence-electron chi connectivity index (χ2n) is 5.08. The van der Waals surface area contributed by atoms with Gasteiger partial charge >= 0.3 is 5.97 Å². The largest absolute Gasteiger partial charge is 0.480 e. The smallest absolute Gasteiger partial charge is 0.341 e. The summed E-state index contributed by atoms with van der Waals surface area (Å²) in [6.45, 7) is -0.421. The molecule has 1 saturated carbocycles. The molecule has 0 unspecified atom stereocenters. The second-order valence-corrected chi connectivity index (χ2v) is 5.08. The molecule has 0 aromatic heterocycles. The number of nitrogens with one attached hydrogen (secondary N) is 1. The SMILES string of the molecule is O=C(O)COc1ccccc1NC(=O)CC1CCCC1. The minimum Gasteiger partial charge on any atom is -0.480 e. The van der Waals surface area contributed by atoms with Crippen molar-refractivity contribution in [3.8, 4) is 5.75 Å². The first kappa shape index (κ1) is 14.4. The van der Waals surface area contributed by atoms with Crippen LogP contribution in [0, 0.1) is 5.92 Å². The average molecular weight is 277 g/mol. The third-order valence-electron chi connectivity index (χ3n) is 3.46. The molecule has 20 heavy (non-hydrogen) atoms. The fourth-order valence-corrected chi connectivity index (χ4v) is 2.51. The minimum atomic E-state index is -1.04. The molecule has 1 amide bonds. The van der Waals surface area contributed by atoms with Gasteiger partial charge in [-0.2, -0.15) is 0 Å². The Kier molecular flexibility index (Phi) is 4.98. The molecule has 0 aliphatic heterocycles. The van der Waals surface area contributed by atoms with Crippen molar-refractivity contribution in [2.75, 3.05) is 11.9 Å². The third-order valence-corrected chi connectivity index (χ3v) is 3.46. The zero-order chi connectivity index (χ0) is 14.4. The molecule has 0 heterocycles. The lowest BCUT2D eigenvalue weighted by Gasteiger charge is -2.13. The Hall–Kier alpha value is -2.04. The average Bonchev–Trinajstić information content (AvgIpc) is 2.90. The van der Waals surface area contributed by atoms with Crippen LogP contribution >= 0.6 is 0 Å². The van der Waals surface area contributed by atoms with Crippen molar-refractivity contribution in [2.45, 2.75) is 32.1 Å². The fraction of sp³-hybridized carbons (Fsp3) is 0.467. The Balaban J connectivity index is 1.93. The number of benzene rings is 1. The van der Waals surface area contributed by atoms with Gasteiger partial charge in [0.2, 0.25) is 5.91 Å². The number of carboxylic acids is 1. The molecule has 0 bridgehead atoms. The van der Waals surface area contributed by atoms with Crippen LogP contribution in [0.25, 0.3) is 0 Å². The van der Waals surface area contributed by atoms with Crippen molar-refractivity contribution < 1.29 is 19.4 Å². The molecule has 1 aromatic rings. The molecule has 0 saturated heterocycles. The van der Waals surface area contributed by atoms with E-state index in [1.54, 1.807) is 24.3 Å². The van der Waals surface area contributed by atoms with Crippen molar-refractivity contribution in [3.63, 3.8) is 0 Å². The summed E-state index contributed by atoms with van der Waals surface area (Å²) in [5.41, 5.74) is 0.525. The van der Waals surface area contributed by atoms with E-state index in [-0.39, 0.29) is 5.91 Å². The van der Waals surface area contributed by atoms with Crippen LogP contribution in [0.4, 0.5) is 5.69 Å². The summed E-state index contributed by atoms with van der Waals surface area (Å²) in [6.07, 6.45) is 5.16. The van der Waals surface area contributed by atoms with Gasteiger partial charge in [-0.15, -0.1) is 0 Å². The molecule has 0 radical (unpaired) electrons. The van der Waals surface area contributed by atoms with Gasteiger partial charge in [0.25, 0.3) is 0 Å². The first-order chi connectivity index (χ1) is 9.65. The molecule has 5 nitrogen and oxygen atoms in total. The molecule has 1 aliphatic rings. The van der Waals surface area contributed by atoms with Gasteiger partial charge in [-0.05, 0) is 30.9 Å². The van der Waals surface area contributed by atoms with Crippen molar-refractivity contribution in [3.05, 3.63) is 24.3 Å². The maximum absolute atomic E-state index is 12.0. The number of rotatable bonds is 6. The van der Waals surface area contributed by atoms with Crippen LogP contribution in [0.1, 0.15) is 32.1 Å². The molecule has 1 aromatic carbocycles. The van der Waals surface area contributed by atoms with Crippen LogP contribution in [0.2, 0.25) is 0 Å². The number of carbonyl (C=O) groups is 2. The van der Waals surface area contributed by atoms with Gasteiger partial charge in [0.15, 0.2) is 6.61 Å². The summed E-state index contributed by atoms with van der Waals surface area (Å²) >= 11 is 0. The van der Waals surface area contributed by atoms with E-state index < -0.39 is 12.6 Å². The number of hydrogen-bond acceptors (Lipinski definition) is 3. The number of carbonyl (C=O) groups excluding carboxylic acids is 1. The Morgan fingerprint density at radius 3 is 2.65 bits per heavy atom. The Labute approximate surface area is 117 Å². The summed E-state index contributed by atoms with van der Waals surface area (Å²) in [5, 5.41) is 11.4. The topological polar surface area (TPSA) is 75.6 Å². The van der Waals surface area contributed by atoms with Crippen LogP contribution in [-0.2, 0) is 9.59 Å². The predicted octanol–water partition coefficient (Wildman–Crippen LogP) is 2.67. The van der Waals surface area contributed by atoms with Crippen LogP contribution in [-0.4, -0.2) is 23.6 Å². The monoisotopic (exact) mass is 277 g/mol. The molecule has 0 atom stereocenters. The first-order valence-corrected chi connectivity index (χ1v) is 6.88. The fourth-order valence-electron chi connectivity index (χ4n) is 2.51. The van der Waals surface area contributed by atoms with Gasteiger partial charge < -0.3 is 15.2 Å². The van der Waals surface area contributed by atoms with E-state index >= 15 is 0 Å². The summed E-state index contributed by atoms with van der Waals surface area (Å²) in [4.78, 5) is 22.5. The first-order valence-electron chi connectivity index (χ1n) is 6.88. The van der Waals surface area contributed by atoms with Gasteiger partial charge in [-0.3, -0.25) is 4.79 Å². The number of anilines is 1. The van der Waals surface area contributed by atoms with E-state index in [0.717, 1.165) is 12.8 Å². The second kappa shape index (κ2) is 6.93. The Morgan fingerprint density at radius 1 is 1.25 bits per heavy atom. The Bertz CT molecular complexity index is 481. The van der Waals surface area contributed by atoms with Crippen molar-refractivity contribution >= 4 is 17.6 Å². The van der Waals surface area contributed by atoms with Gasteiger partial charge in [0.05, 0.1) is 5.69 Å². The highest BCUT2D eigenvalue weighted by Crippen LogP contribution is 2.29. The lowest BCUT2D eigenvalue weighted by molar-refractivity contribution is -0.139. The summed E-state index contributed by atoms with van der Waals surface area (Å²) < 4.78 is 5.16. The van der Waals surface area contributed by atoms with Crippen LogP contribution < -0.4 is 10.1 Å². The summed E-state index contributed by atoms with van der Waals surface area (Å²) in [6, 6.07) is 6.88. The molecule has 2 N–H and O–H groups in total. The number of amides is 1. The van der Waals surface area contributed by atoms with E-state index in [2.05, 4.69) is 5.32 Å². The molecular weight excluding hydrogens is 258 g/mol. The molecule has 108 valence electrons. The van der Waals surface area contributed by atoms with Crippen LogP contribution in [0.5, 0.6) is 5.75 Å². The van der Waals surface area contributed by atoms with Crippen molar-refractivity contribution in [1.29, 1.82) is 0 Å². The number of hydrogen-bond donors (Lipinski definition) is 2. The highest BCUT2D eigenvalue weighted by Gasteiger charge is 2.19. The molecule has 0 spiro atoms. The van der Waals surface area contributed by atoms with E-state index in [9.17, 15) is 9.59 Å². The van der Waals surface area contributed by atoms with Crippen molar-refractivity contribution in [2.24, 2.45) is 5.92 Å². The third kappa shape index (κ3) is 4.26. The van der Waals surface area contributed by atoms with Gasteiger partial charge in [-0.1, -0.05) is 25.0 Å². The highest BCUT2D eigenvalue weighted by molar-refractivity contribution is 5.92. The molecular formula is C15H19NO4. The van der Waals surface area contributed by atoms with E-state index in [1.165, 1.54) is 12.8 Å². The van der Waals surface area contributed by atoms with Gasteiger partial charge in [0, 0.05) is 6.42 Å². The molecule has 1 fully saturated rings. The summed E-state index contributed by atoms with van der Waals surface area (Å²) in [7, 11) is 0. The minimum absolute atomic E-state index is 0.0386. The lowest BCUT2D eigenvalue weighted by atomic mass is 10.0. The Morgan fingerprint density at radius 2 is 1.95 bits per heavy atom. The number of aliphatic carboxylic acids is 1. The van der Waals surface area contributed by atoms with Gasteiger partial charge in [-0.25, -0.2) is 4.79 Å². The van der Waals surface area contributed by atoms with Crippen LogP contribution in [0.3, 0.4) is 0 Å². The number of ether oxygens (including phenoxy) is 1. The zero-order valence-corrected chi connectivity index (χ0v) is 11.3. The molecule has 2 rings (SSSR count). The molecule has 5 heteroatoms. The van der Waals surface area contributed by atoms with Gasteiger partial charge in [0.1, 0.15) is 5.75 Å². The number of para-hydroxylation sites is 2. The normalized spacial score (nSPS) is 15.0. The van der Waals surface area contributed by atoms with Crippen LogP contribution in [0.15, 0.2) is 24.3 Å². The van der Waals surface area contributed by atoms with E-state index in [0.29, 0.717) is 23.8 Å².